The Balaban J connectivity index is 1.44. The van der Waals surface area contributed by atoms with Crippen molar-refractivity contribution < 1.29 is 19.8 Å². The van der Waals surface area contributed by atoms with E-state index < -0.39 is 11.5 Å². The van der Waals surface area contributed by atoms with Crippen molar-refractivity contribution in [2.75, 3.05) is 26.2 Å². The zero-order chi connectivity index (χ0) is 18.3. The average molecular weight is 359 g/mol. The summed E-state index contributed by atoms with van der Waals surface area (Å²) < 4.78 is 0. The number of hydrogen-bond donors (Lipinski definition) is 2. The Morgan fingerprint density at radius 2 is 2.00 bits per heavy atom. The van der Waals surface area contributed by atoms with Crippen molar-refractivity contribution >= 4 is 11.8 Å². The number of amides is 2. The van der Waals surface area contributed by atoms with Crippen molar-refractivity contribution in [2.24, 2.45) is 11.3 Å². The second-order valence-electron chi connectivity index (χ2n) is 8.02. The van der Waals surface area contributed by atoms with Crippen LogP contribution < -0.4 is 0 Å². The average Bonchev–Trinajstić information content (AvgIpc) is 3.43. The van der Waals surface area contributed by atoms with Gasteiger partial charge in [0.25, 0.3) is 5.91 Å². The van der Waals surface area contributed by atoms with Gasteiger partial charge in [-0.05, 0) is 44.1 Å². The fourth-order valence-corrected chi connectivity index (χ4v) is 4.33. The first-order chi connectivity index (χ1) is 12.5. The third-order valence-electron chi connectivity index (χ3n) is 5.95. The maximum atomic E-state index is 13.1. The van der Waals surface area contributed by atoms with Gasteiger partial charge in [-0.15, -0.1) is 0 Å². The molecule has 3 fully saturated rings. The Morgan fingerprint density at radius 1 is 1.27 bits per heavy atom. The highest BCUT2D eigenvalue weighted by atomic mass is 16.3. The van der Waals surface area contributed by atoms with Crippen LogP contribution in [-0.4, -0.2) is 69.1 Å². The fraction of sp³-hybridized carbons (Fsp3) is 0.632. The van der Waals surface area contributed by atoms with Gasteiger partial charge >= 0.3 is 0 Å². The molecule has 1 aliphatic carbocycles. The van der Waals surface area contributed by atoms with Crippen LogP contribution >= 0.6 is 0 Å². The number of rotatable bonds is 3. The molecular weight excluding hydrogens is 334 g/mol. The maximum Gasteiger partial charge on any atom is 0.255 e. The molecular formula is C19H25N3O4. The van der Waals surface area contributed by atoms with Gasteiger partial charge in [-0.3, -0.25) is 14.6 Å². The van der Waals surface area contributed by atoms with Crippen molar-refractivity contribution in [3.8, 4) is 5.75 Å². The number of nitrogens with zero attached hydrogens (tertiary/aromatic N) is 3. The van der Waals surface area contributed by atoms with Gasteiger partial charge in [0.05, 0.1) is 23.3 Å². The molecule has 1 saturated carbocycles. The Labute approximate surface area is 152 Å². The van der Waals surface area contributed by atoms with E-state index in [0.29, 0.717) is 50.4 Å². The summed E-state index contributed by atoms with van der Waals surface area (Å²) in [5.74, 6) is 0.537. The normalized spacial score (nSPS) is 25.6. The molecule has 2 aliphatic heterocycles. The first kappa shape index (κ1) is 17.3. The van der Waals surface area contributed by atoms with Crippen molar-refractivity contribution in [1.29, 1.82) is 0 Å². The molecule has 1 aromatic heterocycles. The third kappa shape index (κ3) is 3.28. The molecule has 1 unspecified atom stereocenters. The van der Waals surface area contributed by atoms with Gasteiger partial charge in [0.2, 0.25) is 5.91 Å². The number of carbonyl (C=O) groups is 2. The number of β-amino-alcohol motifs (C(OH)–C–C–N with tert-alkyl or cyclic N) is 1. The molecule has 3 aliphatic rings. The van der Waals surface area contributed by atoms with E-state index >= 15 is 0 Å². The minimum Gasteiger partial charge on any atom is -0.506 e. The first-order valence-electron chi connectivity index (χ1n) is 9.38. The lowest BCUT2D eigenvalue weighted by atomic mass is 9.70. The van der Waals surface area contributed by atoms with Gasteiger partial charge < -0.3 is 20.0 Å². The predicted octanol–water partition coefficient (Wildman–Crippen LogP) is 1.01. The SMILES string of the molecule is O=C(c1cncc(O)c1)N1CCC2(CC1)CC(O)CN(CC1CC1)C2=O. The second-order valence-corrected chi connectivity index (χ2v) is 8.02. The molecule has 1 aromatic rings. The van der Waals surface area contributed by atoms with Crippen LogP contribution in [0.25, 0.3) is 0 Å². The van der Waals surface area contributed by atoms with Crippen LogP contribution in [0.1, 0.15) is 42.5 Å². The largest absolute Gasteiger partial charge is 0.506 e. The molecule has 7 nitrogen and oxygen atoms in total. The highest BCUT2D eigenvalue weighted by Gasteiger charge is 2.49. The van der Waals surface area contributed by atoms with Crippen LogP contribution in [0.15, 0.2) is 18.5 Å². The molecule has 4 rings (SSSR count). The Hall–Kier alpha value is -2.15. The molecule has 0 aromatic carbocycles. The molecule has 2 N–H and O–H groups in total. The van der Waals surface area contributed by atoms with Crippen molar-refractivity contribution in [2.45, 2.75) is 38.2 Å². The second kappa shape index (κ2) is 6.54. The summed E-state index contributed by atoms with van der Waals surface area (Å²) in [6, 6.07) is 1.41. The molecule has 3 heterocycles. The van der Waals surface area contributed by atoms with E-state index in [1.807, 2.05) is 4.90 Å². The minimum absolute atomic E-state index is 0.0365. The van der Waals surface area contributed by atoms with Gasteiger partial charge in [-0.1, -0.05) is 0 Å². The molecule has 2 saturated heterocycles. The van der Waals surface area contributed by atoms with Crippen LogP contribution in [0.3, 0.4) is 0 Å². The molecule has 1 atom stereocenters. The van der Waals surface area contributed by atoms with Crippen LogP contribution in [0.5, 0.6) is 5.75 Å². The first-order valence-corrected chi connectivity index (χ1v) is 9.38. The molecule has 26 heavy (non-hydrogen) atoms. The zero-order valence-electron chi connectivity index (χ0n) is 14.8. The lowest BCUT2D eigenvalue weighted by Crippen LogP contribution is -2.58. The summed E-state index contributed by atoms with van der Waals surface area (Å²) in [6.45, 7) is 2.15. The highest BCUT2D eigenvalue weighted by molar-refractivity contribution is 5.94. The topological polar surface area (TPSA) is 94.0 Å². The Morgan fingerprint density at radius 3 is 2.65 bits per heavy atom. The van der Waals surface area contributed by atoms with E-state index in [4.69, 9.17) is 0 Å². The van der Waals surface area contributed by atoms with E-state index in [-0.39, 0.29) is 17.6 Å². The summed E-state index contributed by atoms with van der Waals surface area (Å²) in [6.07, 6.45) is 6.23. The van der Waals surface area contributed by atoms with E-state index in [0.717, 1.165) is 6.54 Å². The smallest absolute Gasteiger partial charge is 0.255 e. The van der Waals surface area contributed by atoms with Gasteiger partial charge in [0, 0.05) is 32.4 Å². The number of aliphatic hydroxyl groups is 1. The Bertz CT molecular complexity index is 708. The molecule has 0 radical (unpaired) electrons. The lowest BCUT2D eigenvalue weighted by Gasteiger charge is -2.48. The van der Waals surface area contributed by atoms with Crippen molar-refractivity contribution in [3.05, 3.63) is 24.0 Å². The summed E-state index contributed by atoms with van der Waals surface area (Å²) in [5.41, 5.74) is -0.188. The van der Waals surface area contributed by atoms with Gasteiger partial charge in [0.1, 0.15) is 5.75 Å². The number of hydrogen-bond acceptors (Lipinski definition) is 5. The molecule has 140 valence electrons. The molecule has 0 bridgehead atoms. The number of pyridine rings is 1. The number of carbonyl (C=O) groups excluding carboxylic acids is 2. The molecule has 1 spiro atoms. The van der Waals surface area contributed by atoms with E-state index in [9.17, 15) is 19.8 Å². The monoisotopic (exact) mass is 359 g/mol. The summed E-state index contributed by atoms with van der Waals surface area (Å²) in [5, 5.41) is 19.8. The number of piperidine rings is 2. The van der Waals surface area contributed by atoms with Gasteiger partial charge in [0.15, 0.2) is 0 Å². The standard InChI is InChI=1S/C19H25N3O4/c23-15-7-14(9-20-10-15)17(25)21-5-3-19(4-6-21)8-16(24)12-22(18(19)26)11-13-1-2-13/h7,9-10,13,16,23-24H,1-6,8,11-12H2. The van der Waals surface area contributed by atoms with E-state index in [1.54, 1.807) is 4.90 Å². The summed E-state index contributed by atoms with van der Waals surface area (Å²) in [4.78, 5) is 33.1. The van der Waals surface area contributed by atoms with Crippen molar-refractivity contribution in [3.63, 3.8) is 0 Å². The quantitative estimate of drug-likeness (QED) is 0.840. The predicted molar refractivity (Wildman–Crippen MR) is 93.4 cm³/mol. The highest BCUT2D eigenvalue weighted by Crippen LogP contribution is 2.42. The minimum atomic E-state index is -0.541. The third-order valence-corrected chi connectivity index (χ3v) is 5.95. The number of aromatic nitrogens is 1. The number of aliphatic hydroxyl groups excluding tert-OH is 1. The molecule has 2 amide bonds. The summed E-state index contributed by atoms with van der Waals surface area (Å²) in [7, 11) is 0. The number of likely N-dealkylation sites (tertiary alicyclic amines) is 2. The van der Waals surface area contributed by atoms with Gasteiger partial charge in [-0.25, -0.2) is 0 Å². The van der Waals surface area contributed by atoms with Crippen LogP contribution in [-0.2, 0) is 4.79 Å². The Kier molecular flexibility index (Phi) is 4.34. The van der Waals surface area contributed by atoms with Crippen LogP contribution in [0, 0.1) is 11.3 Å². The van der Waals surface area contributed by atoms with Gasteiger partial charge in [-0.2, -0.15) is 0 Å². The van der Waals surface area contributed by atoms with Crippen LogP contribution in [0.2, 0.25) is 0 Å². The molecule has 7 heteroatoms. The van der Waals surface area contributed by atoms with Crippen molar-refractivity contribution in [1.82, 2.24) is 14.8 Å². The van der Waals surface area contributed by atoms with Crippen LogP contribution in [0.4, 0.5) is 0 Å². The van der Waals surface area contributed by atoms with E-state index in [2.05, 4.69) is 4.98 Å². The maximum absolute atomic E-state index is 13.1. The fourth-order valence-electron chi connectivity index (χ4n) is 4.33. The zero-order valence-corrected chi connectivity index (χ0v) is 14.8. The lowest BCUT2D eigenvalue weighted by molar-refractivity contribution is -0.156. The summed E-state index contributed by atoms with van der Waals surface area (Å²) >= 11 is 0. The van der Waals surface area contributed by atoms with E-state index in [1.165, 1.54) is 31.3 Å². The number of aromatic hydroxyl groups is 1.